The van der Waals surface area contributed by atoms with Crippen molar-refractivity contribution in [2.75, 3.05) is 6.54 Å². The molecule has 0 aliphatic heterocycles. The third-order valence-electron chi connectivity index (χ3n) is 5.88. The van der Waals surface area contributed by atoms with Crippen molar-refractivity contribution in [1.82, 2.24) is 0 Å². The highest BCUT2D eigenvalue weighted by Gasteiger charge is 2.54. The third kappa shape index (κ3) is 1.85. The van der Waals surface area contributed by atoms with Crippen molar-refractivity contribution >= 4 is 5.78 Å². The van der Waals surface area contributed by atoms with Gasteiger partial charge in [0.15, 0.2) is 0 Å². The van der Waals surface area contributed by atoms with Crippen LogP contribution in [0.3, 0.4) is 0 Å². The van der Waals surface area contributed by atoms with Crippen molar-refractivity contribution in [3.8, 4) is 0 Å². The number of hydrogen-bond donors (Lipinski definition) is 1. The summed E-state index contributed by atoms with van der Waals surface area (Å²) in [4.78, 5) is 12.2. The summed E-state index contributed by atoms with van der Waals surface area (Å²) in [7, 11) is 0. The molecule has 0 saturated heterocycles. The van der Waals surface area contributed by atoms with Gasteiger partial charge in [0.25, 0.3) is 0 Å². The summed E-state index contributed by atoms with van der Waals surface area (Å²) < 4.78 is 0. The molecule has 4 bridgehead atoms. The molecule has 17 heavy (non-hydrogen) atoms. The predicted octanol–water partition coefficient (Wildman–Crippen LogP) is 2.76. The number of hydrogen-bond acceptors (Lipinski definition) is 2. The van der Waals surface area contributed by atoms with Crippen LogP contribution in [0.2, 0.25) is 0 Å². The zero-order chi connectivity index (χ0) is 12.0. The van der Waals surface area contributed by atoms with Gasteiger partial charge in [-0.05, 0) is 68.2 Å². The van der Waals surface area contributed by atoms with Gasteiger partial charge in [-0.25, -0.2) is 0 Å². The molecule has 4 saturated carbocycles. The Labute approximate surface area is 104 Å². The van der Waals surface area contributed by atoms with E-state index in [2.05, 4.69) is 6.92 Å². The molecule has 0 aromatic heterocycles. The average Bonchev–Trinajstić information content (AvgIpc) is 2.26. The lowest BCUT2D eigenvalue weighted by Crippen LogP contribution is -2.50. The first-order valence-electron chi connectivity index (χ1n) is 7.36. The Morgan fingerprint density at radius 3 is 2.06 bits per heavy atom. The Bertz CT molecular complexity index is 288. The lowest BCUT2D eigenvalue weighted by molar-refractivity contribution is -0.137. The maximum atomic E-state index is 12.2. The van der Waals surface area contributed by atoms with E-state index in [4.69, 9.17) is 5.73 Å². The van der Waals surface area contributed by atoms with Crippen molar-refractivity contribution in [1.29, 1.82) is 0 Å². The molecule has 0 spiro atoms. The summed E-state index contributed by atoms with van der Waals surface area (Å²) in [6, 6.07) is 0. The number of ketones is 1. The van der Waals surface area contributed by atoms with Gasteiger partial charge in [-0.1, -0.05) is 6.92 Å². The van der Waals surface area contributed by atoms with E-state index < -0.39 is 0 Å². The molecule has 4 fully saturated rings. The Morgan fingerprint density at radius 1 is 1.18 bits per heavy atom. The minimum absolute atomic E-state index is 0.263. The van der Waals surface area contributed by atoms with Gasteiger partial charge in [0.2, 0.25) is 0 Å². The van der Waals surface area contributed by atoms with Crippen LogP contribution < -0.4 is 5.73 Å². The number of rotatable bonds is 4. The highest BCUT2D eigenvalue weighted by Crippen LogP contribution is 2.62. The van der Waals surface area contributed by atoms with Crippen molar-refractivity contribution < 1.29 is 4.79 Å². The molecule has 0 aromatic rings. The molecule has 0 radical (unpaired) electrons. The monoisotopic (exact) mass is 235 g/mol. The molecule has 2 heteroatoms. The van der Waals surface area contributed by atoms with E-state index >= 15 is 0 Å². The molecule has 0 amide bonds. The largest absolute Gasteiger partial charge is 0.330 e. The zero-order valence-electron chi connectivity index (χ0n) is 11.0. The van der Waals surface area contributed by atoms with E-state index in [0.717, 1.165) is 17.8 Å². The van der Waals surface area contributed by atoms with E-state index in [0.29, 0.717) is 24.2 Å². The fraction of sp³-hybridized carbons (Fsp3) is 0.933. The second-order valence-corrected chi connectivity index (χ2v) is 7.01. The lowest BCUT2D eigenvalue weighted by atomic mass is 9.46. The summed E-state index contributed by atoms with van der Waals surface area (Å²) in [6.45, 7) is 2.71. The van der Waals surface area contributed by atoms with Gasteiger partial charge in [0, 0.05) is 12.3 Å². The number of nitrogens with two attached hydrogens (primary N) is 1. The molecule has 4 rings (SSSR count). The summed E-state index contributed by atoms with van der Waals surface area (Å²) in [5, 5.41) is 0. The van der Waals surface area contributed by atoms with Crippen LogP contribution in [0.1, 0.15) is 51.9 Å². The second-order valence-electron chi connectivity index (χ2n) is 7.01. The van der Waals surface area contributed by atoms with Gasteiger partial charge in [-0.15, -0.1) is 0 Å². The minimum atomic E-state index is 0.263. The molecular formula is C15H25NO. The first-order valence-corrected chi connectivity index (χ1v) is 7.36. The Hall–Kier alpha value is -0.370. The Morgan fingerprint density at radius 2 is 1.65 bits per heavy atom. The average molecular weight is 235 g/mol. The number of carbonyl (C=O) groups excluding carboxylic acids is 1. The standard InChI is InChI=1S/C15H25NO/c1-10(14(17)2-3-16)15-7-11-4-12(8-15)6-13(5-11)9-15/h10-13H,2-9,16H2,1H3. The van der Waals surface area contributed by atoms with Crippen LogP contribution in [0.4, 0.5) is 0 Å². The normalized spacial score (nSPS) is 44.9. The van der Waals surface area contributed by atoms with Gasteiger partial charge in [-0.3, -0.25) is 4.79 Å². The van der Waals surface area contributed by atoms with Crippen LogP contribution in [-0.2, 0) is 4.79 Å². The summed E-state index contributed by atoms with van der Waals surface area (Å²) in [5.74, 6) is 3.51. The number of carbonyl (C=O) groups is 1. The second kappa shape index (κ2) is 4.08. The van der Waals surface area contributed by atoms with Gasteiger partial charge < -0.3 is 5.73 Å². The highest BCUT2D eigenvalue weighted by atomic mass is 16.1. The maximum absolute atomic E-state index is 12.2. The van der Waals surface area contributed by atoms with Crippen LogP contribution in [0.25, 0.3) is 0 Å². The highest BCUT2D eigenvalue weighted by molar-refractivity contribution is 5.81. The van der Waals surface area contributed by atoms with Crippen molar-refractivity contribution in [3.63, 3.8) is 0 Å². The molecule has 1 unspecified atom stereocenters. The Kier molecular flexibility index (Phi) is 2.81. The molecule has 2 nitrogen and oxygen atoms in total. The van der Waals surface area contributed by atoms with Gasteiger partial charge >= 0.3 is 0 Å². The van der Waals surface area contributed by atoms with Crippen LogP contribution >= 0.6 is 0 Å². The van der Waals surface area contributed by atoms with E-state index in [1.165, 1.54) is 38.5 Å². The molecule has 1 atom stereocenters. The predicted molar refractivity (Wildman–Crippen MR) is 68.4 cm³/mol. The topological polar surface area (TPSA) is 43.1 Å². The number of Topliss-reactive ketones (excluding diaryl/α,β-unsaturated/α-hetero) is 1. The summed E-state index contributed by atoms with van der Waals surface area (Å²) in [5.41, 5.74) is 5.91. The van der Waals surface area contributed by atoms with Gasteiger partial charge in [0.05, 0.1) is 0 Å². The van der Waals surface area contributed by atoms with Crippen molar-refractivity contribution in [2.45, 2.75) is 51.9 Å². The van der Waals surface area contributed by atoms with E-state index in [9.17, 15) is 4.79 Å². The molecular weight excluding hydrogens is 210 g/mol. The lowest BCUT2D eigenvalue weighted by Gasteiger charge is -2.58. The third-order valence-corrected chi connectivity index (χ3v) is 5.88. The SMILES string of the molecule is CC(C(=O)CCN)C12CC3CC(CC(C3)C1)C2. The van der Waals surface area contributed by atoms with Crippen LogP contribution in [0, 0.1) is 29.1 Å². The van der Waals surface area contributed by atoms with E-state index in [1.807, 2.05) is 0 Å². The first-order chi connectivity index (χ1) is 8.13. The van der Waals surface area contributed by atoms with Gasteiger partial charge in [0.1, 0.15) is 5.78 Å². The maximum Gasteiger partial charge on any atom is 0.137 e. The Balaban J connectivity index is 1.79. The van der Waals surface area contributed by atoms with Gasteiger partial charge in [-0.2, -0.15) is 0 Å². The van der Waals surface area contributed by atoms with Crippen LogP contribution in [0.5, 0.6) is 0 Å². The van der Waals surface area contributed by atoms with Crippen molar-refractivity contribution in [2.24, 2.45) is 34.8 Å². The minimum Gasteiger partial charge on any atom is -0.330 e. The summed E-state index contributed by atoms with van der Waals surface area (Å²) in [6.07, 6.45) is 8.94. The van der Waals surface area contributed by atoms with E-state index in [-0.39, 0.29) is 5.92 Å². The molecule has 4 aliphatic rings. The van der Waals surface area contributed by atoms with E-state index in [1.54, 1.807) is 0 Å². The molecule has 4 aliphatic carbocycles. The fourth-order valence-corrected chi connectivity index (χ4v) is 5.41. The molecule has 0 aromatic carbocycles. The van der Waals surface area contributed by atoms with Crippen LogP contribution in [-0.4, -0.2) is 12.3 Å². The van der Waals surface area contributed by atoms with Crippen LogP contribution in [0.15, 0.2) is 0 Å². The molecule has 96 valence electrons. The fourth-order valence-electron chi connectivity index (χ4n) is 5.41. The summed E-state index contributed by atoms with van der Waals surface area (Å²) >= 11 is 0. The van der Waals surface area contributed by atoms with Crippen molar-refractivity contribution in [3.05, 3.63) is 0 Å². The first kappa shape index (κ1) is 11.7. The molecule has 0 heterocycles. The quantitative estimate of drug-likeness (QED) is 0.814. The smallest absolute Gasteiger partial charge is 0.137 e. The zero-order valence-corrected chi connectivity index (χ0v) is 11.0. The molecule has 2 N–H and O–H groups in total.